The van der Waals surface area contributed by atoms with E-state index >= 15 is 0 Å². The molecule has 15 heteroatoms. The number of anilines is 1. The predicted octanol–water partition coefficient (Wildman–Crippen LogP) is 5.28. The van der Waals surface area contributed by atoms with Gasteiger partial charge in [-0.1, -0.05) is 23.2 Å². The van der Waals surface area contributed by atoms with Crippen molar-refractivity contribution in [3.63, 3.8) is 0 Å². The second-order valence-electron chi connectivity index (χ2n) is 11.6. The fourth-order valence-electron chi connectivity index (χ4n) is 5.95. The number of piperidine rings is 1. The summed E-state index contributed by atoms with van der Waals surface area (Å²) >= 11 is 12.6. The number of fused-ring (bicyclic) bond motifs is 2. The van der Waals surface area contributed by atoms with Crippen LogP contribution >= 0.6 is 23.2 Å². The number of hydrogen-bond acceptors (Lipinski definition) is 9. The van der Waals surface area contributed by atoms with Crippen molar-refractivity contribution in [1.29, 1.82) is 0 Å². The molecule has 5 heterocycles. The van der Waals surface area contributed by atoms with Crippen LogP contribution in [0.5, 0.6) is 5.75 Å². The van der Waals surface area contributed by atoms with E-state index in [9.17, 15) is 19.2 Å². The van der Waals surface area contributed by atoms with Crippen LogP contribution in [0.15, 0.2) is 61.2 Å². The number of imide groups is 2. The Morgan fingerprint density at radius 1 is 1.02 bits per heavy atom. The zero-order valence-corrected chi connectivity index (χ0v) is 27.5. The fraction of sp³-hybridized carbons (Fsp3) is 0.206. The second kappa shape index (κ2) is 13.2. The molecule has 0 aliphatic carbocycles. The lowest BCUT2D eigenvalue weighted by Gasteiger charge is -2.27. The van der Waals surface area contributed by atoms with E-state index < -0.39 is 35.8 Å². The van der Waals surface area contributed by atoms with Gasteiger partial charge < -0.3 is 10.1 Å². The van der Waals surface area contributed by atoms with Crippen molar-refractivity contribution < 1.29 is 23.9 Å². The summed E-state index contributed by atoms with van der Waals surface area (Å²) in [5, 5.41) is 19.1. The van der Waals surface area contributed by atoms with Crippen molar-refractivity contribution in [3.8, 4) is 5.75 Å². The van der Waals surface area contributed by atoms with E-state index in [4.69, 9.17) is 27.9 Å². The van der Waals surface area contributed by atoms with Crippen molar-refractivity contribution in [2.75, 3.05) is 11.9 Å². The van der Waals surface area contributed by atoms with Crippen LogP contribution in [0.4, 0.5) is 5.69 Å². The minimum Gasteiger partial charge on any atom is -0.486 e. The average molecular weight is 700 g/mol. The zero-order chi connectivity index (χ0) is 34.2. The van der Waals surface area contributed by atoms with Gasteiger partial charge in [-0.3, -0.25) is 44.2 Å². The first-order chi connectivity index (χ1) is 23.7. The molecule has 3 N–H and O–H groups in total. The van der Waals surface area contributed by atoms with Gasteiger partial charge in [0.2, 0.25) is 11.8 Å². The minimum atomic E-state index is -1.00. The van der Waals surface area contributed by atoms with Crippen molar-refractivity contribution in [3.05, 3.63) is 99.2 Å². The van der Waals surface area contributed by atoms with E-state index in [0.717, 1.165) is 27.1 Å². The van der Waals surface area contributed by atoms with Gasteiger partial charge >= 0.3 is 0 Å². The summed E-state index contributed by atoms with van der Waals surface area (Å²) in [6, 6.07) is 9.53. The molecule has 13 nitrogen and oxygen atoms in total. The summed E-state index contributed by atoms with van der Waals surface area (Å²) in [4.78, 5) is 54.8. The van der Waals surface area contributed by atoms with Crippen LogP contribution in [0.1, 0.15) is 63.4 Å². The van der Waals surface area contributed by atoms with Gasteiger partial charge in [-0.2, -0.15) is 10.2 Å². The number of nitrogens with zero attached hydrogens (tertiary/aromatic N) is 5. The number of carbonyl (C=O) groups excluding carboxylic acids is 4. The number of carbonyl (C=O) groups is 4. The standard InChI is InChI=1S/C34H28Cl2N8O5/c1-18(31-25(35)15-37-16-26(31)36)49-21-4-7-28-24(13-21)27(41-42-28)6-2-19-14-39-43(17-19)11-10-38-20-3-5-22-23(12-20)34(48)44(33(22)47)29-8-9-30(45)40-32(29)46/h2-7,12-18,29,38H,8-11H2,1H3,(H,41,42)(H,40,45,46)/b6-2+/t18-,29?/m1/s1. The second-order valence-corrected chi connectivity index (χ2v) is 12.4. The van der Waals surface area contributed by atoms with Gasteiger partial charge in [0.05, 0.1) is 45.1 Å². The Bertz CT molecular complexity index is 2160. The Labute approximate surface area is 289 Å². The highest BCUT2D eigenvalue weighted by atomic mass is 35.5. The van der Waals surface area contributed by atoms with Gasteiger partial charge in [0.1, 0.15) is 17.9 Å². The molecule has 3 aromatic heterocycles. The lowest BCUT2D eigenvalue weighted by Crippen LogP contribution is -2.54. The molecule has 0 spiro atoms. The number of H-pyrrole nitrogens is 1. The number of hydrogen-bond donors (Lipinski definition) is 3. The molecule has 2 atom stereocenters. The maximum absolute atomic E-state index is 13.1. The van der Waals surface area contributed by atoms with Gasteiger partial charge in [0, 0.05) is 53.8 Å². The molecule has 1 unspecified atom stereocenters. The van der Waals surface area contributed by atoms with E-state index in [1.807, 2.05) is 43.5 Å². The molecule has 248 valence electrons. The number of ether oxygens (including phenoxy) is 1. The number of benzene rings is 2. The SMILES string of the molecule is C[C@@H](Oc1ccc2[nH]nc(/C=C/c3cnn(CCNc4ccc5c(c4)C(=O)N(C4CCC(=O)NC4=O)C5=O)c3)c2c1)c1c(Cl)cncc1Cl. The molecule has 0 saturated carbocycles. The summed E-state index contributed by atoms with van der Waals surface area (Å²) in [5.74, 6) is -1.52. The van der Waals surface area contributed by atoms with Crippen LogP contribution in [0.2, 0.25) is 10.0 Å². The summed E-state index contributed by atoms with van der Waals surface area (Å²) in [6.45, 7) is 2.88. The first-order valence-electron chi connectivity index (χ1n) is 15.4. The maximum Gasteiger partial charge on any atom is 0.262 e. The molecule has 1 saturated heterocycles. The molecule has 7 rings (SSSR count). The number of aromatic amines is 1. The highest BCUT2D eigenvalue weighted by Crippen LogP contribution is 2.34. The highest BCUT2D eigenvalue weighted by Gasteiger charge is 2.44. The summed E-state index contributed by atoms with van der Waals surface area (Å²) in [7, 11) is 0. The smallest absolute Gasteiger partial charge is 0.262 e. The van der Waals surface area contributed by atoms with Gasteiger partial charge in [-0.15, -0.1) is 0 Å². The molecule has 0 radical (unpaired) electrons. The molecular weight excluding hydrogens is 671 g/mol. The average Bonchev–Trinajstić information content (AvgIpc) is 3.76. The topological polar surface area (TPSA) is 164 Å². The minimum absolute atomic E-state index is 0.0674. The number of halogens is 2. The number of amides is 4. The molecular formula is C34H28Cl2N8O5. The van der Waals surface area contributed by atoms with E-state index in [2.05, 4.69) is 30.9 Å². The van der Waals surface area contributed by atoms with E-state index in [-0.39, 0.29) is 24.0 Å². The van der Waals surface area contributed by atoms with E-state index in [1.165, 1.54) is 12.4 Å². The molecule has 2 aliphatic rings. The lowest BCUT2D eigenvalue weighted by molar-refractivity contribution is -0.136. The van der Waals surface area contributed by atoms with Gasteiger partial charge in [-0.05, 0) is 61.9 Å². The van der Waals surface area contributed by atoms with Crippen LogP contribution in [-0.2, 0) is 16.1 Å². The summed E-state index contributed by atoms with van der Waals surface area (Å²) in [6.07, 6.45) is 10.3. The van der Waals surface area contributed by atoms with E-state index in [0.29, 0.717) is 40.1 Å². The molecule has 49 heavy (non-hydrogen) atoms. The third-order valence-electron chi connectivity index (χ3n) is 8.37. The predicted molar refractivity (Wildman–Crippen MR) is 182 cm³/mol. The number of nitrogens with one attached hydrogen (secondary N) is 3. The van der Waals surface area contributed by atoms with Crippen molar-refractivity contribution in [2.24, 2.45) is 0 Å². The van der Waals surface area contributed by atoms with Crippen LogP contribution in [-0.4, -0.2) is 66.1 Å². The molecule has 5 aromatic rings. The molecule has 2 aromatic carbocycles. The largest absolute Gasteiger partial charge is 0.486 e. The Morgan fingerprint density at radius 2 is 1.82 bits per heavy atom. The summed E-state index contributed by atoms with van der Waals surface area (Å²) in [5.41, 5.74) is 4.20. The molecule has 1 fully saturated rings. The molecule has 4 amide bonds. The lowest BCUT2D eigenvalue weighted by atomic mass is 10.0. The van der Waals surface area contributed by atoms with Crippen molar-refractivity contribution in [1.82, 2.24) is 35.2 Å². The van der Waals surface area contributed by atoms with Crippen LogP contribution in [0.3, 0.4) is 0 Å². The zero-order valence-electron chi connectivity index (χ0n) is 25.9. The fourth-order valence-corrected chi connectivity index (χ4v) is 6.62. The third-order valence-corrected chi connectivity index (χ3v) is 8.97. The van der Waals surface area contributed by atoms with Gasteiger partial charge in [0.15, 0.2) is 0 Å². The monoisotopic (exact) mass is 698 g/mol. The number of pyridine rings is 1. The normalized spacial score (nSPS) is 16.8. The van der Waals surface area contributed by atoms with Crippen molar-refractivity contribution >= 4 is 75.6 Å². The highest BCUT2D eigenvalue weighted by molar-refractivity contribution is 6.35. The van der Waals surface area contributed by atoms with Crippen LogP contribution in [0.25, 0.3) is 23.1 Å². The Hall–Kier alpha value is -5.53. The van der Waals surface area contributed by atoms with Gasteiger partial charge in [0.25, 0.3) is 11.8 Å². The maximum atomic E-state index is 13.1. The Kier molecular flexibility index (Phi) is 8.61. The van der Waals surface area contributed by atoms with Crippen molar-refractivity contribution in [2.45, 2.75) is 38.5 Å². The molecule has 0 bridgehead atoms. The Balaban J connectivity index is 0.965. The van der Waals surface area contributed by atoms with Crippen LogP contribution < -0.4 is 15.4 Å². The Morgan fingerprint density at radius 3 is 2.61 bits per heavy atom. The first kappa shape index (κ1) is 32.0. The van der Waals surface area contributed by atoms with Crippen LogP contribution in [0, 0.1) is 0 Å². The molecule has 2 aliphatic heterocycles. The first-order valence-corrected chi connectivity index (χ1v) is 16.2. The number of aromatic nitrogens is 5. The third kappa shape index (κ3) is 6.37. The van der Waals surface area contributed by atoms with E-state index in [1.54, 1.807) is 29.1 Å². The number of rotatable bonds is 10. The summed E-state index contributed by atoms with van der Waals surface area (Å²) < 4.78 is 7.94. The van der Waals surface area contributed by atoms with Gasteiger partial charge in [-0.25, -0.2) is 0 Å². The quantitative estimate of drug-likeness (QED) is 0.165.